The van der Waals surface area contributed by atoms with Crippen molar-refractivity contribution in [2.45, 2.75) is 0 Å². The molecule has 0 aliphatic heterocycles. The van der Waals surface area contributed by atoms with Crippen LogP contribution < -0.4 is 0 Å². The molecular weight excluding hydrogens is 107 g/mol. The molecule has 4 heavy (non-hydrogen) atoms. The smallest absolute Gasteiger partial charge is 0.870 e. The van der Waals surface area contributed by atoms with Gasteiger partial charge in [0.1, 0.15) is 0 Å². The first-order chi connectivity index (χ1) is 0. The van der Waals surface area contributed by atoms with Crippen molar-refractivity contribution in [1.82, 2.24) is 0 Å². The van der Waals surface area contributed by atoms with Crippen LogP contribution in [-0.4, -0.2) is 28.3 Å². The molecule has 0 aromatic carbocycles. The zero-order valence-electron chi connectivity index (χ0n) is 1.97. The minimum atomic E-state index is 0. The molecule has 0 saturated carbocycles. The number of rotatable bonds is 0. The van der Waals surface area contributed by atoms with E-state index in [0.717, 1.165) is 0 Å². The first-order valence-corrected chi connectivity index (χ1v) is 0. The van der Waals surface area contributed by atoms with Crippen LogP contribution in [0.25, 0.3) is 0 Å². The molecule has 0 aliphatic carbocycles. The first-order valence-electron chi connectivity index (χ1n) is 0. The molecule has 0 saturated heterocycles. The van der Waals surface area contributed by atoms with E-state index in [0.29, 0.717) is 0 Å². The summed E-state index contributed by atoms with van der Waals surface area (Å²) in [4.78, 5) is 0. The summed E-state index contributed by atoms with van der Waals surface area (Å²) >= 11 is 0. The number of hydrogen-bond acceptors (Lipinski definition) is 2. The zero-order valence-corrected chi connectivity index (χ0v) is 4.69. The Labute approximate surface area is 50.2 Å². The van der Waals surface area contributed by atoms with Crippen molar-refractivity contribution in [2.75, 3.05) is 0 Å². The molecule has 2 N–H and O–H groups in total. The van der Waals surface area contributed by atoms with E-state index >= 15 is 0 Å². The molecule has 0 unspecified atom stereocenters. The molecule has 4 heteroatoms. The summed E-state index contributed by atoms with van der Waals surface area (Å²) in [5, 5.41) is 0. The molecule has 0 amide bonds. The van der Waals surface area contributed by atoms with Gasteiger partial charge < -0.3 is 11.0 Å². The van der Waals surface area contributed by atoms with Crippen molar-refractivity contribution in [3.63, 3.8) is 0 Å². The summed E-state index contributed by atoms with van der Waals surface area (Å²) in [7, 11) is 0. The second-order valence-electron chi connectivity index (χ2n) is 0. The van der Waals surface area contributed by atoms with Crippen LogP contribution in [0.1, 0.15) is 0 Å². The summed E-state index contributed by atoms with van der Waals surface area (Å²) in [5.41, 5.74) is 0. The van der Waals surface area contributed by atoms with E-state index in [4.69, 9.17) is 0 Å². The second-order valence-corrected chi connectivity index (χ2v) is 0. The predicted molar refractivity (Wildman–Crippen MR) is 9.63 cm³/mol. The maximum atomic E-state index is 0. The van der Waals surface area contributed by atoms with Gasteiger partial charge in [0.15, 0.2) is 0 Å². The molecule has 0 aliphatic rings. The Balaban J connectivity index is 0. The average molecular weight is 109 g/mol. The summed E-state index contributed by atoms with van der Waals surface area (Å²) in [6.07, 6.45) is 0. The Hall–Kier alpha value is 1.17. The van der Waals surface area contributed by atoms with Crippen LogP contribution in [0.2, 0.25) is 0 Å². The van der Waals surface area contributed by atoms with E-state index in [1.807, 2.05) is 0 Å². The van der Waals surface area contributed by atoms with Gasteiger partial charge in [0, 0.05) is 0 Å². The Morgan fingerprint density at radius 3 is 0.750 bits per heavy atom. The van der Waals surface area contributed by atoms with Gasteiger partial charge in [-0.05, 0) is 0 Å². The van der Waals surface area contributed by atoms with E-state index in [-0.39, 0.29) is 50.0 Å². The van der Waals surface area contributed by atoms with Crippen LogP contribution in [0.4, 0.5) is 0 Å². The molecular formula is H2AlO2Ti+5. The van der Waals surface area contributed by atoms with Crippen molar-refractivity contribution in [1.29, 1.82) is 0 Å². The van der Waals surface area contributed by atoms with Gasteiger partial charge in [-0.1, -0.05) is 0 Å². The fraction of sp³-hybridized carbons (Fsp3) is 0. The van der Waals surface area contributed by atoms with Gasteiger partial charge in [-0.15, -0.1) is 0 Å². The van der Waals surface area contributed by atoms with Gasteiger partial charge in [-0.3, -0.25) is 0 Å². The minimum absolute atomic E-state index is 0. The molecule has 0 atom stereocenters. The molecule has 0 radical (unpaired) electrons. The third-order valence-corrected chi connectivity index (χ3v) is 0. The van der Waals surface area contributed by atoms with Gasteiger partial charge in [-0.2, -0.15) is 0 Å². The van der Waals surface area contributed by atoms with Crippen LogP contribution in [-0.2, 0) is 21.7 Å². The van der Waals surface area contributed by atoms with Crippen LogP contribution in [0, 0.1) is 0 Å². The van der Waals surface area contributed by atoms with Gasteiger partial charge in [0.25, 0.3) is 0 Å². The maximum Gasteiger partial charge on any atom is 4.00 e. The SMILES string of the molecule is [Al+3].[OH-].[OH-].[Ti+4]. The van der Waals surface area contributed by atoms with Crippen LogP contribution >= 0.6 is 0 Å². The molecule has 0 aromatic heterocycles. The Kier molecular flexibility index (Phi) is 506. The summed E-state index contributed by atoms with van der Waals surface area (Å²) in [5.74, 6) is 0. The normalized spacial score (nSPS) is 0. The third kappa shape index (κ3) is 10.9. The molecule has 0 bridgehead atoms. The third-order valence-electron chi connectivity index (χ3n) is 0. The maximum absolute atomic E-state index is 0. The Morgan fingerprint density at radius 2 is 0.750 bits per heavy atom. The van der Waals surface area contributed by atoms with E-state index in [1.165, 1.54) is 0 Å². The van der Waals surface area contributed by atoms with Gasteiger partial charge in [0.05, 0.1) is 0 Å². The minimum Gasteiger partial charge on any atom is -0.870 e. The molecule has 0 spiro atoms. The Bertz CT molecular complexity index is 6.00. The summed E-state index contributed by atoms with van der Waals surface area (Å²) in [6, 6.07) is 0. The van der Waals surface area contributed by atoms with Crippen molar-refractivity contribution < 1.29 is 32.7 Å². The van der Waals surface area contributed by atoms with Crippen molar-refractivity contribution in [3.8, 4) is 0 Å². The second kappa shape index (κ2) is 30.7. The molecule has 2 nitrogen and oxygen atoms in total. The van der Waals surface area contributed by atoms with E-state index < -0.39 is 0 Å². The van der Waals surface area contributed by atoms with E-state index in [2.05, 4.69) is 0 Å². The number of hydrogen-bond donors (Lipinski definition) is 0. The quantitative estimate of drug-likeness (QED) is 0.384. The van der Waals surface area contributed by atoms with Crippen LogP contribution in [0.15, 0.2) is 0 Å². The Morgan fingerprint density at radius 1 is 0.750 bits per heavy atom. The largest absolute Gasteiger partial charge is 4.00 e. The fourth-order valence-electron chi connectivity index (χ4n) is 0. The molecule has 16 valence electrons. The van der Waals surface area contributed by atoms with Crippen molar-refractivity contribution in [3.05, 3.63) is 0 Å². The van der Waals surface area contributed by atoms with Gasteiger partial charge in [-0.25, -0.2) is 0 Å². The zero-order chi connectivity index (χ0) is 0. The monoisotopic (exact) mass is 109 g/mol. The van der Waals surface area contributed by atoms with Crippen LogP contribution in [0.3, 0.4) is 0 Å². The molecule has 0 heterocycles. The van der Waals surface area contributed by atoms with E-state index in [9.17, 15) is 0 Å². The molecule has 0 fully saturated rings. The molecule has 0 rings (SSSR count). The standard InChI is InChI=1S/Al.2H2O.Ti/h;2*1H2;/q+3;;;+4/p-2. The topological polar surface area (TPSA) is 60.0 Å². The molecule has 0 aromatic rings. The van der Waals surface area contributed by atoms with Gasteiger partial charge >= 0.3 is 39.1 Å². The fourth-order valence-corrected chi connectivity index (χ4v) is 0. The first kappa shape index (κ1) is 65.9. The van der Waals surface area contributed by atoms with E-state index in [1.54, 1.807) is 0 Å². The van der Waals surface area contributed by atoms with Crippen molar-refractivity contribution >= 4 is 17.4 Å². The summed E-state index contributed by atoms with van der Waals surface area (Å²) in [6.45, 7) is 0. The summed E-state index contributed by atoms with van der Waals surface area (Å²) < 4.78 is 0. The van der Waals surface area contributed by atoms with Gasteiger partial charge in [0.2, 0.25) is 0 Å². The van der Waals surface area contributed by atoms with Crippen molar-refractivity contribution in [2.24, 2.45) is 0 Å². The average Bonchev–Trinajstić information content (AvgIpc) is 0. The van der Waals surface area contributed by atoms with Crippen LogP contribution in [0.5, 0.6) is 0 Å². The predicted octanol–water partition coefficient (Wildman–Crippen LogP) is -0.737.